The molecule has 0 unspecified atom stereocenters. The zero-order chi connectivity index (χ0) is 22.4. The molecule has 1 aliphatic heterocycles. The Bertz CT molecular complexity index is 903. The van der Waals surface area contributed by atoms with E-state index in [2.05, 4.69) is 0 Å². The van der Waals surface area contributed by atoms with Gasteiger partial charge >= 0.3 is 11.9 Å². The summed E-state index contributed by atoms with van der Waals surface area (Å²) in [6.45, 7) is 1.25. The third-order valence-electron chi connectivity index (χ3n) is 5.11. The van der Waals surface area contributed by atoms with Crippen molar-refractivity contribution in [1.82, 2.24) is 4.90 Å². The predicted molar refractivity (Wildman–Crippen MR) is 110 cm³/mol. The van der Waals surface area contributed by atoms with Crippen LogP contribution in [0.1, 0.15) is 27.6 Å². The molecule has 1 amide bonds. The molecular weight excluding hydrogens is 402 g/mol. The number of rotatable bonds is 7. The fourth-order valence-corrected chi connectivity index (χ4v) is 3.42. The summed E-state index contributed by atoms with van der Waals surface area (Å²) in [5.74, 6) is -1.35. The number of methoxy groups -OCH3 is 1. The molecule has 0 radical (unpaired) electrons. The highest BCUT2D eigenvalue weighted by atomic mass is 16.7. The monoisotopic (exact) mass is 427 g/mol. The largest absolute Gasteiger partial charge is 0.459 e. The molecule has 0 N–H and O–H groups in total. The topological polar surface area (TPSA) is 91.4 Å². The SMILES string of the molecule is CO[C@H]1O[C@H](COC(=O)c2ccccc2)[C@@H](N(C)C(C)=O)[C@H]1OC(=O)c1ccccc1. The van der Waals surface area contributed by atoms with Gasteiger partial charge in [-0.25, -0.2) is 9.59 Å². The van der Waals surface area contributed by atoms with Crippen molar-refractivity contribution in [1.29, 1.82) is 0 Å². The van der Waals surface area contributed by atoms with Gasteiger partial charge in [-0.05, 0) is 24.3 Å². The second-order valence-corrected chi connectivity index (χ2v) is 7.10. The highest BCUT2D eigenvalue weighted by Gasteiger charge is 2.50. The first-order valence-corrected chi connectivity index (χ1v) is 9.82. The minimum Gasteiger partial charge on any atom is -0.459 e. The van der Waals surface area contributed by atoms with Crippen LogP contribution in [0.25, 0.3) is 0 Å². The van der Waals surface area contributed by atoms with Gasteiger partial charge in [0.05, 0.1) is 11.1 Å². The van der Waals surface area contributed by atoms with Crippen LogP contribution in [0.2, 0.25) is 0 Å². The summed E-state index contributed by atoms with van der Waals surface area (Å²) < 4.78 is 22.3. The first kappa shape index (κ1) is 22.5. The zero-order valence-corrected chi connectivity index (χ0v) is 17.6. The number of benzene rings is 2. The summed E-state index contributed by atoms with van der Waals surface area (Å²) in [6, 6.07) is 16.3. The lowest BCUT2D eigenvalue weighted by atomic mass is 10.1. The number of carbonyl (C=O) groups excluding carboxylic acids is 3. The number of hydrogen-bond donors (Lipinski definition) is 0. The molecule has 2 aromatic rings. The lowest BCUT2D eigenvalue weighted by Crippen LogP contribution is -2.51. The Morgan fingerprint density at radius 2 is 1.48 bits per heavy atom. The lowest BCUT2D eigenvalue weighted by Gasteiger charge is -2.31. The summed E-state index contributed by atoms with van der Waals surface area (Å²) >= 11 is 0. The van der Waals surface area contributed by atoms with E-state index in [0.717, 1.165) is 0 Å². The van der Waals surface area contributed by atoms with Crippen molar-refractivity contribution in [2.75, 3.05) is 20.8 Å². The quantitative estimate of drug-likeness (QED) is 0.626. The Kier molecular flexibility index (Phi) is 7.38. The maximum absolute atomic E-state index is 12.6. The van der Waals surface area contributed by atoms with E-state index in [1.165, 1.54) is 18.9 Å². The zero-order valence-electron chi connectivity index (χ0n) is 17.6. The molecule has 8 heteroatoms. The number of carbonyl (C=O) groups is 3. The van der Waals surface area contributed by atoms with Crippen molar-refractivity contribution < 1.29 is 33.3 Å². The van der Waals surface area contributed by atoms with Crippen LogP contribution in [0.4, 0.5) is 0 Å². The van der Waals surface area contributed by atoms with E-state index in [-0.39, 0.29) is 12.5 Å². The molecule has 0 aliphatic carbocycles. The second kappa shape index (κ2) is 10.2. The van der Waals surface area contributed by atoms with Gasteiger partial charge in [0, 0.05) is 21.1 Å². The summed E-state index contributed by atoms with van der Waals surface area (Å²) in [7, 11) is 2.99. The standard InChI is InChI=1S/C23H25NO7/c1-15(25)24(2)19-18(14-29-21(26)16-10-6-4-7-11-16)30-23(28-3)20(19)31-22(27)17-12-8-5-9-13-17/h4-13,18-20,23H,14H2,1-3H3/t18-,19-,20-,23+/m1/s1. The summed E-state index contributed by atoms with van der Waals surface area (Å²) in [5, 5.41) is 0. The van der Waals surface area contributed by atoms with Crippen molar-refractivity contribution in [3.63, 3.8) is 0 Å². The molecule has 0 saturated carbocycles. The predicted octanol–water partition coefficient (Wildman–Crippen LogP) is 2.29. The van der Waals surface area contributed by atoms with Crippen LogP contribution in [-0.4, -0.2) is 68.0 Å². The molecule has 0 spiro atoms. The molecule has 4 atom stereocenters. The fraction of sp³-hybridized carbons (Fsp3) is 0.348. The Hall–Kier alpha value is -3.23. The number of amides is 1. The van der Waals surface area contributed by atoms with Crippen LogP contribution in [-0.2, 0) is 23.7 Å². The number of ether oxygens (including phenoxy) is 4. The van der Waals surface area contributed by atoms with Crippen LogP contribution in [0.3, 0.4) is 0 Å². The van der Waals surface area contributed by atoms with Gasteiger partial charge in [-0.3, -0.25) is 4.79 Å². The second-order valence-electron chi connectivity index (χ2n) is 7.10. The smallest absolute Gasteiger partial charge is 0.338 e. The maximum Gasteiger partial charge on any atom is 0.338 e. The Balaban J connectivity index is 1.77. The van der Waals surface area contributed by atoms with Crippen molar-refractivity contribution in [2.24, 2.45) is 0 Å². The third-order valence-corrected chi connectivity index (χ3v) is 5.11. The molecule has 8 nitrogen and oxygen atoms in total. The van der Waals surface area contributed by atoms with Crippen molar-refractivity contribution >= 4 is 17.8 Å². The van der Waals surface area contributed by atoms with Crippen molar-refractivity contribution in [2.45, 2.75) is 31.5 Å². The Morgan fingerprint density at radius 1 is 0.935 bits per heavy atom. The van der Waals surface area contributed by atoms with E-state index in [4.69, 9.17) is 18.9 Å². The maximum atomic E-state index is 12.6. The van der Waals surface area contributed by atoms with Gasteiger partial charge < -0.3 is 23.8 Å². The summed E-state index contributed by atoms with van der Waals surface area (Å²) in [4.78, 5) is 38.5. The van der Waals surface area contributed by atoms with E-state index >= 15 is 0 Å². The number of likely N-dealkylation sites (N-methyl/N-ethyl adjacent to an activating group) is 1. The van der Waals surface area contributed by atoms with Gasteiger partial charge in [0.25, 0.3) is 0 Å². The minimum atomic E-state index is -0.931. The molecule has 31 heavy (non-hydrogen) atoms. The normalized spacial score (nSPS) is 22.5. The average molecular weight is 427 g/mol. The van der Waals surface area contributed by atoms with Gasteiger partial charge in [0.1, 0.15) is 18.8 Å². The van der Waals surface area contributed by atoms with Gasteiger partial charge in [0.2, 0.25) is 5.91 Å². The summed E-state index contributed by atoms with van der Waals surface area (Å²) in [6.07, 6.45) is -2.59. The van der Waals surface area contributed by atoms with Crippen LogP contribution in [0.5, 0.6) is 0 Å². The van der Waals surface area contributed by atoms with E-state index in [1.807, 2.05) is 0 Å². The first-order valence-electron chi connectivity index (χ1n) is 9.82. The van der Waals surface area contributed by atoms with Crippen molar-refractivity contribution in [3.05, 3.63) is 71.8 Å². The number of esters is 2. The molecule has 0 aromatic heterocycles. The number of nitrogens with zero attached hydrogens (tertiary/aromatic N) is 1. The van der Waals surface area contributed by atoms with Gasteiger partial charge in [-0.15, -0.1) is 0 Å². The average Bonchev–Trinajstić information content (AvgIpc) is 3.14. The fourth-order valence-electron chi connectivity index (χ4n) is 3.42. The van der Waals surface area contributed by atoms with Gasteiger partial charge in [-0.2, -0.15) is 0 Å². The molecular formula is C23H25NO7. The lowest BCUT2D eigenvalue weighted by molar-refractivity contribution is -0.155. The minimum absolute atomic E-state index is 0.144. The van der Waals surface area contributed by atoms with E-state index in [0.29, 0.717) is 11.1 Å². The highest BCUT2D eigenvalue weighted by molar-refractivity contribution is 5.90. The van der Waals surface area contributed by atoms with Crippen LogP contribution in [0.15, 0.2) is 60.7 Å². The molecule has 3 rings (SSSR count). The molecule has 0 bridgehead atoms. The van der Waals surface area contributed by atoms with Gasteiger partial charge in [0.15, 0.2) is 12.4 Å². The Morgan fingerprint density at radius 3 is 2.00 bits per heavy atom. The third kappa shape index (κ3) is 5.28. The molecule has 1 heterocycles. The molecule has 164 valence electrons. The Labute approximate surface area is 180 Å². The van der Waals surface area contributed by atoms with Crippen LogP contribution in [0, 0.1) is 0 Å². The van der Waals surface area contributed by atoms with Crippen molar-refractivity contribution in [3.8, 4) is 0 Å². The highest BCUT2D eigenvalue weighted by Crippen LogP contribution is 2.29. The van der Waals surface area contributed by atoms with E-state index in [1.54, 1.807) is 67.7 Å². The van der Waals surface area contributed by atoms with E-state index in [9.17, 15) is 14.4 Å². The van der Waals surface area contributed by atoms with Crippen LogP contribution < -0.4 is 0 Å². The molecule has 1 fully saturated rings. The first-order chi connectivity index (χ1) is 14.9. The van der Waals surface area contributed by atoms with E-state index < -0.39 is 36.5 Å². The molecule has 1 saturated heterocycles. The van der Waals surface area contributed by atoms with Gasteiger partial charge in [-0.1, -0.05) is 36.4 Å². The molecule has 1 aliphatic rings. The molecule has 2 aromatic carbocycles. The van der Waals surface area contributed by atoms with Crippen LogP contribution >= 0.6 is 0 Å². The summed E-state index contributed by atoms with van der Waals surface area (Å²) in [5.41, 5.74) is 0.757. The number of hydrogen-bond acceptors (Lipinski definition) is 7.